The Balaban J connectivity index is 1.30. The quantitative estimate of drug-likeness (QED) is 0.580. The molecule has 2 aromatic heterocycles. The Morgan fingerprint density at radius 2 is 2.07 bits per heavy atom. The van der Waals surface area contributed by atoms with E-state index in [0.717, 1.165) is 47.3 Å². The van der Waals surface area contributed by atoms with E-state index in [9.17, 15) is 4.79 Å². The minimum absolute atomic E-state index is 0.0393. The molecule has 27 heavy (non-hydrogen) atoms. The topological polar surface area (TPSA) is 59.2 Å². The molecule has 3 aromatic rings. The van der Waals surface area contributed by atoms with E-state index in [1.165, 1.54) is 0 Å². The van der Waals surface area contributed by atoms with Crippen molar-refractivity contribution in [2.45, 2.75) is 24.1 Å². The fraction of sp³-hybridized carbons (Fsp3) is 0.350. The number of carbonyl (C=O) groups excluding carboxylic acids is 1. The first-order valence-corrected chi connectivity index (χ1v) is 10.9. The van der Waals surface area contributed by atoms with Crippen LogP contribution in [0.3, 0.4) is 0 Å². The highest BCUT2D eigenvalue weighted by Gasteiger charge is 2.26. The number of hydrogen-bond donors (Lipinski definition) is 0. The van der Waals surface area contributed by atoms with Crippen molar-refractivity contribution < 1.29 is 9.32 Å². The number of piperidine rings is 1. The number of rotatable bonds is 5. The Hall–Kier alpha value is -2.12. The van der Waals surface area contributed by atoms with Gasteiger partial charge in [-0.1, -0.05) is 47.3 Å². The van der Waals surface area contributed by atoms with Crippen LogP contribution in [0.4, 0.5) is 0 Å². The third-order valence-electron chi connectivity index (χ3n) is 4.73. The van der Waals surface area contributed by atoms with Gasteiger partial charge < -0.3 is 9.42 Å². The molecule has 0 unspecified atom stereocenters. The van der Waals surface area contributed by atoms with Gasteiger partial charge in [0.2, 0.25) is 0 Å². The summed E-state index contributed by atoms with van der Waals surface area (Å²) in [6.07, 6.45) is 2.04. The van der Waals surface area contributed by atoms with Gasteiger partial charge in [0.25, 0.3) is 5.91 Å². The van der Waals surface area contributed by atoms with Crippen molar-refractivity contribution in [3.8, 4) is 11.3 Å². The molecule has 140 valence electrons. The lowest BCUT2D eigenvalue weighted by atomic mass is 9.99. The van der Waals surface area contributed by atoms with Crippen LogP contribution >= 0.6 is 23.1 Å². The van der Waals surface area contributed by atoms with Gasteiger partial charge >= 0.3 is 0 Å². The average Bonchev–Trinajstić information content (AvgIpc) is 3.36. The Labute approximate surface area is 166 Å². The molecular formula is C20H21N3O2S2. The molecular weight excluding hydrogens is 378 g/mol. The monoisotopic (exact) mass is 399 g/mol. The van der Waals surface area contributed by atoms with Crippen LogP contribution in [0.2, 0.25) is 0 Å². The van der Waals surface area contributed by atoms with E-state index in [4.69, 9.17) is 4.52 Å². The van der Waals surface area contributed by atoms with Crippen molar-refractivity contribution in [1.29, 1.82) is 0 Å². The maximum Gasteiger partial charge on any atom is 0.276 e. The van der Waals surface area contributed by atoms with Crippen molar-refractivity contribution in [3.05, 3.63) is 53.2 Å². The molecule has 0 N–H and O–H groups in total. The van der Waals surface area contributed by atoms with Gasteiger partial charge in [0.15, 0.2) is 11.5 Å². The van der Waals surface area contributed by atoms with Crippen LogP contribution < -0.4 is 0 Å². The zero-order chi connectivity index (χ0) is 18.6. The number of likely N-dealkylation sites (tertiary alicyclic amines) is 1. The molecule has 7 heteroatoms. The summed E-state index contributed by atoms with van der Waals surface area (Å²) in [4.78, 5) is 19.1. The Morgan fingerprint density at radius 3 is 2.78 bits per heavy atom. The highest BCUT2D eigenvalue weighted by molar-refractivity contribution is 8.01. The van der Waals surface area contributed by atoms with E-state index < -0.39 is 0 Å². The van der Waals surface area contributed by atoms with Crippen LogP contribution in [0.1, 0.15) is 29.0 Å². The van der Waals surface area contributed by atoms with Crippen LogP contribution in [-0.4, -0.2) is 39.8 Å². The van der Waals surface area contributed by atoms with Crippen LogP contribution in [0, 0.1) is 12.8 Å². The molecule has 0 aliphatic carbocycles. The molecule has 1 aliphatic rings. The number of thiazole rings is 1. The molecule has 1 aliphatic heterocycles. The number of aromatic nitrogens is 2. The van der Waals surface area contributed by atoms with Crippen molar-refractivity contribution in [2.24, 2.45) is 5.92 Å². The molecule has 1 aromatic carbocycles. The predicted molar refractivity (Wildman–Crippen MR) is 108 cm³/mol. The lowest BCUT2D eigenvalue weighted by Crippen LogP contribution is -2.39. The minimum atomic E-state index is -0.0393. The van der Waals surface area contributed by atoms with Crippen LogP contribution in [0.15, 0.2) is 50.6 Å². The van der Waals surface area contributed by atoms with Crippen molar-refractivity contribution >= 4 is 29.0 Å². The summed E-state index contributed by atoms with van der Waals surface area (Å²) in [6.45, 7) is 3.57. The van der Waals surface area contributed by atoms with Gasteiger partial charge in [0.05, 0.1) is 0 Å². The van der Waals surface area contributed by atoms with Crippen LogP contribution in [0.5, 0.6) is 0 Å². The summed E-state index contributed by atoms with van der Waals surface area (Å²) < 4.78 is 6.51. The van der Waals surface area contributed by atoms with Gasteiger partial charge in [-0.3, -0.25) is 4.79 Å². The third-order valence-corrected chi connectivity index (χ3v) is 7.10. The molecule has 0 radical (unpaired) electrons. The molecule has 3 heterocycles. The fourth-order valence-corrected chi connectivity index (χ4v) is 5.23. The largest absolute Gasteiger partial charge is 0.355 e. The summed E-state index contributed by atoms with van der Waals surface area (Å²) in [6, 6.07) is 11.5. The van der Waals surface area contributed by atoms with Crippen molar-refractivity contribution in [2.75, 3.05) is 18.8 Å². The number of aryl methyl sites for hydroxylation is 1. The van der Waals surface area contributed by atoms with Crippen LogP contribution in [0.25, 0.3) is 11.3 Å². The molecule has 1 fully saturated rings. The van der Waals surface area contributed by atoms with E-state index in [1.807, 2.05) is 53.9 Å². The van der Waals surface area contributed by atoms with Gasteiger partial charge in [-0.15, -0.1) is 11.3 Å². The number of nitrogens with zero attached hydrogens (tertiary/aromatic N) is 3. The first kappa shape index (κ1) is 18.3. The second-order valence-electron chi connectivity index (χ2n) is 6.74. The van der Waals surface area contributed by atoms with Crippen molar-refractivity contribution in [1.82, 2.24) is 15.0 Å². The number of benzene rings is 1. The Kier molecular flexibility index (Phi) is 5.59. The highest BCUT2D eigenvalue weighted by Crippen LogP contribution is 2.29. The molecule has 5 nitrogen and oxygen atoms in total. The maximum absolute atomic E-state index is 12.7. The molecule has 0 bridgehead atoms. The Morgan fingerprint density at radius 1 is 1.30 bits per heavy atom. The van der Waals surface area contributed by atoms with E-state index >= 15 is 0 Å². The third kappa shape index (κ3) is 4.42. The predicted octanol–water partition coefficient (Wildman–Crippen LogP) is 4.75. The minimum Gasteiger partial charge on any atom is -0.355 e. The molecule has 1 saturated heterocycles. The van der Waals surface area contributed by atoms with Gasteiger partial charge in [-0.05, 0) is 25.7 Å². The molecule has 4 rings (SSSR count). The van der Waals surface area contributed by atoms with Crippen LogP contribution in [-0.2, 0) is 0 Å². The summed E-state index contributed by atoms with van der Waals surface area (Å²) in [5, 5.41) is 6.08. The van der Waals surface area contributed by atoms with Gasteiger partial charge in [-0.25, -0.2) is 4.98 Å². The second-order valence-corrected chi connectivity index (χ2v) is 8.87. The number of thioether (sulfide) groups is 1. The standard InChI is InChI=1S/C20H21N3O2S2/c1-14-12-26-20(21-14)27-13-15-7-9-23(10-8-15)19(24)17-11-18(25-22-17)16-5-3-2-4-6-16/h2-6,11-12,15H,7-10,13H2,1H3. The first-order chi connectivity index (χ1) is 13.2. The molecule has 0 atom stereocenters. The molecule has 0 spiro atoms. The fourth-order valence-electron chi connectivity index (χ4n) is 3.17. The number of hydrogen-bond acceptors (Lipinski definition) is 6. The zero-order valence-corrected chi connectivity index (χ0v) is 16.8. The average molecular weight is 400 g/mol. The second kappa shape index (κ2) is 8.27. The van der Waals surface area contributed by atoms with Crippen molar-refractivity contribution in [3.63, 3.8) is 0 Å². The molecule has 1 amide bonds. The summed E-state index contributed by atoms with van der Waals surface area (Å²) in [7, 11) is 0. The SMILES string of the molecule is Cc1csc(SCC2CCN(C(=O)c3cc(-c4ccccc4)on3)CC2)n1. The highest BCUT2D eigenvalue weighted by atomic mass is 32.2. The Bertz CT molecular complexity index is 899. The van der Waals surface area contributed by atoms with E-state index in [2.05, 4.69) is 15.5 Å². The summed E-state index contributed by atoms with van der Waals surface area (Å²) >= 11 is 3.54. The van der Waals surface area contributed by atoms with E-state index in [-0.39, 0.29) is 5.91 Å². The number of carbonyl (C=O) groups is 1. The maximum atomic E-state index is 12.7. The van der Waals surface area contributed by atoms with E-state index in [1.54, 1.807) is 17.4 Å². The van der Waals surface area contributed by atoms with Gasteiger partial charge in [-0.2, -0.15) is 0 Å². The zero-order valence-electron chi connectivity index (χ0n) is 15.1. The first-order valence-electron chi connectivity index (χ1n) is 9.05. The summed E-state index contributed by atoms with van der Waals surface area (Å²) in [5.74, 6) is 2.28. The summed E-state index contributed by atoms with van der Waals surface area (Å²) in [5.41, 5.74) is 2.41. The smallest absolute Gasteiger partial charge is 0.276 e. The normalized spacial score (nSPS) is 15.2. The van der Waals surface area contributed by atoms with Gasteiger partial charge in [0, 0.05) is 41.5 Å². The number of amides is 1. The lowest BCUT2D eigenvalue weighted by Gasteiger charge is -2.31. The molecule has 0 saturated carbocycles. The van der Waals surface area contributed by atoms with Gasteiger partial charge in [0.1, 0.15) is 4.34 Å². The lowest BCUT2D eigenvalue weighted by molar-refractivity contribution is 0.0688. The van der Waals surface area contributed by atoms with E-state index in [0.29, 0.717) is 17.4 Å².